The number of rotatable bonds is 15. The highest BCUT2D eigenvalue weighted by atomic mass is 16.5. The van der Waals surface area contributed by atoms with Crippen LogP contribution in [-0.2, 0) is 22.6 Å². The van der Waals surface area contributed by atoms with Gasteiger partial charge in [-0.2, -0.15) is 0 Å². The maximum atomic E-state index is 13.7. The molecule has 3 aromatic carbocycles. The van der Waals surface area contributed by atoms with Crippen LogP contribution in [0.1, 0.15) is 49.3 Å². The van der Waals surface area contributed by atoms with Gasteiger partial charge in [0.25, 0.3) is 0 Å². The van der Waals surface area contributed by atoms with E-state index in [1.807, 2.05) is 79.7 Å². The Bertz CT molecular complexity index is 1130. The average Bonchev–Trinajstić information content (AvgIpc) is 2.94. The Morgan fingerprint density at radius 3 is 2.29 bits per heavy atom. The van der Waals surface area contributed by atoms with Crippen LogP contribution < -0.4 is 14.8 Å². The van der Waals surface area contributed by atoms with Crippen LogP contribution in [0.15, 0.2) is 78.9 Å². The third-order valence-corrected chi connectivity index (χ3v) is 6.40. The highest BCUT2D eigenvalue weighted by Gasteiger charge is 2.30. The zero-order valence-electron chi connectivity index (χ0n) is 22.8. The van der Waals surface area contributed by atoms with E-state index in [-0.39, 0.29) is 18.2 Å². The minimum Gasteiger partial charge on any atom is -0.497 e. The molecule has 1 N–H and O–H groups in total. The van der Waals surface area contributed by atoms with Gasteiger partial charge in [0.1, 0.15) is 17.5 Å². The summed E-state index contributed by atoms with van der Waals surface area (Å²) in [6.07, 6.45) is 3.18. The van der Waals surface area contributed by atoms with Crippen LogP contribution in [0.2, 0.25) is 0 Å². The molecule has 0 heterocycles. The fourth-order valence-electron chi connectivity index (χ4n) is 4.30. The monoisotopic (exact) mass is 516 g/mol. The van der Waals surface area contributed by atoms with E-state index in [4.69, 9.17) is 9.47 Å². The fraction of sp³-hybridized carbons (Fsp3) is 0.375. The Morgan fingerprint density at radius 2 is 1.61 bits per heavy atom. The van der Waals surface area contributed by atoms with Crippen molar-refractivity contribution in [1.29, 1.82) is 0 Å². The lowest BCUT2D eigenvalue weighted by molar-refractivity contribution is -0.141. The summed E-state index contributed by atoms with van der Waals surface area (Å²) in [5.74, 6) is 1.32. The Labute approximate surface area is 227 Å². The summed E-state index contributed by atoms with van der Waals surface area (Å²) in [5.41, 5.74) is 3.15. The fourth-order valence-corrected chi connectivity index (χ4v) is 4.30. The largest absolute Gasteiger partial charge is 0.497 e. The van der Waals surface area contributed by atoms with E-state index in [0.29, 0.717) is 32.5 Å². The number of amides is 2. The van der Waals surface area contributed by atoms with E-state index < -0.39 is 6.04 Å². The number of nitrogens with zero attached hydrogens (tertiary/aromatic N) is 1. The lowest BCUT2D eigenvalue weighted by Gasteiger charge is -2.32. The van der Waals surface area contributed by atoms with Gasteiger partial charge in [0.2, 0.25) is 11.8 Å². The first-order valence-corrected chi connectivity index (χ1v) is 13.4. The van der Waals surface area contributed by atoms with E-state index in [9.17, 15) is 9.59 Å². The molecule has 0 aliphatic carbocycles. The number of hydrogen-bond acceptors (Lipinski definition) is 4. The molecule has 6 nitrogen and oxygen atoms in total. The van der Waals surface area contributed by atoms with Gasteiger partial charge in [0, 0.05) is 25.9 Å². The van der Waals surface area contributed by atoms with Crippen molar-refractivity contribution in [1.82, 2.24) is 10.2 Å². The molecule has 3 aromatic rings. The van der Waals surface area contributed by atoms with Crippen molar-refractivity contribution in [3.8, 4) is 11.5 Å². The molecule has 1 atom stereocenters. The summed E-state index contributed by atoms with van der Waals surface area (Å²) in [6.45, 7) is 5.50. The molecule has 0 aliphatic heterocycles. The highest BCUT2D eigenvalue weighted by Crippen LogP contribution is 2.19. The summed E-state index contributed by atoms with van der Waals surface area (Å²) in [5, 5.41) is 3.07. The molecule has 0 fully saturated rings. The Hall–Kier alpha value is -3.80. The van der Waals surface area contributed by atoms with Gasteiger partial charge in [-0.1, -0.05) is 73.5 Å². The lowest BCUT2D eigenvalue weighted by atomic mass is 10.0. The van der Waals surface area contributed by atoms with Gasteiger partial charge in [0.15, 0.2) is 0 Å². The molecule has 0 unspecified atom stereocenters. The molecule has 3 rings (SSSR count). The molecular weight excluding hydrogens is 476 g/mol. The quantitative estimate of drug-likeness (QED) is 0.262. The number of hydrogen-bond donors (Lipinski definition) is 1. The second-order valence-corrected chi connectivity index (χ2v) is 9.49. The van der Waals surface area contributed by atoms with E-state index in [1.165, 1.54) is 0 Å². The Kier molecular flexibility index (Phi) is 11.7. The molecule has 0 aliphatic rings. The van der Waals surface area contributed by atoms with Crippen molar-refractivity contribution < 1.29 is 19.1 Å². The minimum absolute atomic E-state index is 0.0589. The molecule has 0 bridgehead atoms. The number of unbranched alkanes of at least 4 members (excludes halogenated alkanes) is 1. The average molecular weight is 517 g/mol. The Balaban J connectivity index is 1.75. The predicted octanol–water partition coefficient (Wildman–Crippen LogP) is 5.72. The van der Waals surface area contributed by atoms with Crippen molar-refractivity contribution >= 4 is 11.8 Å². The van der Waals surface area contributed by atoms with E-state index in [2.05, 4.69) is 18.3 Å². The molecule has 0 saturated carbocycles. The van der Waals surface area contributed by atoms with Crippen LogP contribution in [0.3, 0.4) is 0 Å². The van der Waals surface area contributed by atoms with Gasteiger partial charge in [-0.3, -0.25) is 9.59 Å². The standard InChI is InChI=1S/C32H40N2O4/c1-4-5-20-33-32(36)30(23-26-12-7-6-8-13-26)34(24-27-14-9-11-25(2)22-27)31(35)15-10-21-38-29-18-16-28(37-3)17-19-29/h6-9,11-14,16-19,22,30H,4-5,10,15,20-21,23-24H2,1-3H3,(H,33,36)/t30-/m1/s1. The van der Waals surface area contributed by atoms with E-state index in [0.717, 1.165) is 41.0 Å². The van der Waals surface area contributed by atoms with Crippen molar-refractivity contribution in [2.45, 2.75) is 58.5 Å². The van der Waals surface area contributed by atoms with Crippen molar-refractivity contribution in [3.63, 3.8) is 0 Å². The maximum Gasteiger partial charge on any atom is 0.243 e. The second kappa shape index (κ2) is 15.5. The number of methoxy groups -OCH3 is 1. The van der Waals surface area contributed by atoms with Crippen LogP contribution >= 0.6 is 0 Å². The summed E-state index contributed by atoms with van der Waals surface area (Å²) in [6, 6.07) is 24.8. The predicted molar refractivity (Wildman–Crippen MR) is 151 cm³/mol. The molecule has 0 spiro atoms. The highest BCUT2D eigenvalue weighted by molar-refractivity contribution is 5.88. The maximum absolute atomic E-state index is 13.7. The number of aryl methyl sites for hydroxylation is 1. The molecule has 6 heteroatoms. The second-order valence-electron chi connectivity index (χ2n) is 9.49. The third kappa shape index (κ3) is 9.25. The molecule has 38 heavy (non-hydrogen) atoms. The first kappa shape index (κ1) is 28.8. The van der Waals surface area contributed by atoms with Crippen molar-refractivity contribution in [2.75, 3.05) is 20.3 Å². The van der Waals surface area contributed by atoms with Gasteiger partial charge in [-0.15, -0.1) is 0 Å². The van der Waals surface area contributed by atoms with Gasteiger partial charge in [0.05, 0.1) is 13.7 Å². The van der Waals surface area contributed by atoms with Gasteiger partial charge >= 0.3 is 0 Å². The number of benzene rings is 3. The zero-order chi connectivity index (χ0) is 27.2. The van der Waals surface area contributed by atoms with Crippen LogP contribution in [0, 0.1) is 6.92 Å². The zero-order valence-corrected chi connectivity index (χ0v) is 22.8. The van der Waals surface area contributed by atoms with Crippen LogP contribution in [0.25, 0.3) is 0 Å². The molecule has 0 radical (unpaired) electrons. The van der Waals surface area contributed by atoms with Crippen LogP contribution in [0.5, 0.6) is 11.5 Å². The topological polar surface area (TPSA) is 67.9 Å². The lowest BCUT2D eigenvalue weighted by Crippen LogP contribution is -2.50. The van der Waals surface area contributed by atoms with Gasteiger partial charge in [-0.05, 0) is 55.2 Å². The number of carbonyl (C=O) groups excluding carboxylic acids is 2. The van der Waals surface area contributed by atoms with Crippen LogP contribution in [0.4, 0.5) is 0 Å². The molecule has 2 amide bonds. The van der Waals surface area contributed by atoms with E-state index >= 15 is 0 Å². The third-order valence-electron chi connectivity index (χ3n) is 6.40. The van der Waals surface area contributed by atoms with Gasteiger partial charge < -0.3 is 19.7 Å². The summed E-state index contributed by atoms with van der Waals surface area (Å²) < 4.78 is 11.0. The Morgan fingerprint density at radius 1 is 0.895 bits per heavy atom. The van der Waals surface area contributed by atoms with Crippen LogP contribution in [-0.4, -0.2) is 43.0 Å². The number of carbonyl (C=O) groups is 2. The van der Waals surface area contributed by atoms with E-state index in [1.54, 1.807) is 12.0 Å². The number of nitrogens with one attached hydrogen (secondary N) is 1. The molecule has 0 aromatic heterocycles. The molecular formula is C32H40N2O4. The molecule has 0 saturated heterocycles. The van der Waals surface area contributed by atoms with Crippen molar-refractivity contribution in [3.05, 3.63) is 95.6 Å². The first-order valence-electron chi connectivity index (χ1n) is 13.4. The van der Waals surface area contributed by atoms with Gasteiger partial charge in [-0.25, -0.2) is 0 Å². The molecule has 202 valence electrons. The SMILES string of the molecule is CCCCNC(=O)[C@@H](Cc1ccccc1)N(Cc1cccc(C)c1)C(=O)CCCOc1ccc(OC)cc1. The normalized spacial score (nSPS) is 11.4. The first-order chi connectivity index (χ1) is 18.5. The summed E-state index contributed by atoms with van der Waals surface area (Å²) >= 11 is 0. The van der Waals surface area contributed by atoms with Crippen molar-refractivity contribution in [2.24, 2.45) is 0 Å². The summed E-state index contributed by atoms with van der Waals surface area (Å²) in [7, 11) is 1.62. The summed E-state index contributed by atoms with van der Waals surface area (Å²) in [4.78, 5) is 28.9. The minimum atomic E-state index is -0.607. The smallest absolute Gasteiger partial charge is 0.243 e. The number of ether oxygens (including phenoxy) is 2.